The molecule has 2 heterocycles. The molecule has 35 heavy (non-hydrogen) atoms. The second-order valence-electron chi connectivity index (χ2n) is 7.97. The van der Waals surface area contributed by atoms with Gasteiger partial charge >= 0.3 is 6.18 Å². The van der Waals surface area contributed by atoms with Crippen molar-refractivity contribution in [3.05, 3.63) is 89.9 Å². The van der Waals surface area contributed by atoms with Gasteiger partial charge in [0.2, 0.25) is 0 Å². The van der Waals surface area contributed by atoms with Crippen molar-refractivity contribution in [1.82, 2.24) is 14.6 Å². The Morgan fingerprint density at radius 3 is 2.63 bits per heavy atom. The van der Waals surface area contributed by atoms with Crippen LogP contribution in [0.5, 0.6) is 0 Å². The van der Waals surface area contributed by atoms with E-state index in [-0.39, 0.29) is 0 Å². The summed E-state index contributed by atoms with van der Waals surface area (Å²) in [5.41, 5.74) is 4.56. The SMILES string of the molecule is C=C(Nc1cccc(C(F)(F)F)c1)c1ccc(N(C)C)c(C#Cc2cnc3cccnn23)c1[B]C. The van der Waals surface area contributed by atoms with Gasteiger partial charge in [0.25, 0.3) is 0 Å². The molecule has 0 spiro atoms. The van der Waals surface area contributed by atoms with Gasteiger partial charge in [-0.1, -0.05) is 36.9 Å². The Bertz CT molecular complexity index is 1460. The van der Waals surface area contributed by atoms with Crippen LogP contribution in [-0.4, -0.2) is 36.0 Å². The zero-order chi connectivity index (χ0) is 25.2. The van der Waals surface area contributed by atoms with Crippen molar-refractivity contribution >= 4 is 35.5 Å². The molecule has 0 amide bonds. The summed E-state index contributed by atoms with van der Waals surface area (Å²) in [7, 11) is 5.76. The van der Waals surface area contributed by atoms with E-state index in [9.17, 15) is 13.2 Å². The largest absolute Gasteiger partial charge is 0.416 e. The fourth-order valence-electron chi connectivity index (χ4n) is 3.73. The minimum Gasteiger partial charge on any atom is -0.377 e. The number of hydrogen-bond acceptors (Lipinski definition) is 4. The van der Waals surface area contributed by atoms with Gasteiger partial charge in [-0.3, -0.25) is 0 Å². The highest BCUT2D eigenvalue weighted by Gasteiger charge is 2.30. The lowest BCUT2D eigenvalue weighted by atomic mass is 9.67. The zero-order valence-electron chi connectivity index (χ0n) is 19.5. The molecule has 1 radical (unpaired) electrons. The molecule has 0 fully saturated rings. The van der Waals surface area contributed by atoms with E-state index in [0.29, 0.717) is 22.7 Å². The van der Waals surface area contributed by atoms with Crippen molar-refractivity contribution in [3.63, 3.8) is 0 Å². The number of aromatic nitrogens is 3. The quantitative estimate of drug-likeness (QED) is 0.339. The van der Waals surface area contributed by atoms with E-state index in [2.05, 4.69) is 33.8 Å². The van der Waals surface area contributed by atoms with Crippen LogP contribution in [0.2, 0.25) is 6.82 Å². The molecule has 0 saturated carbocycles. The molecule has 0 aliphatic heterocycles. The molecule has 2 aromatic heterocycles. The summed E-state index contributed by atoms with van der Waals surface area (Å²) in [5, 5.41) is 7.31. The van der Waals surface area contributed by atoms with Crippen LogP contribution >= 0.6 is 0 Å². The number of alkyl halides is 3. The number of anilines is 2. The van der Waals surface area contributed by atoms with E-state index in [1.54, 1.807) is 29.0 Å². The van der Waals surface area contributed by atoms with Gasteiger partial charge in [0.05, 0.1) is 17.4 Å². The van der Waals surface area contributed by atoms with E-state index in [1.807, 2.05) is 51.3 Å². The Hall–Kier alpha value is -4.19. The average Bonchev–Trinajstić information content (AvgIpc) is 3.24. The Balaban J connectivity index is 1.75. The topological polar surface area (TPSA) is 45.5 Å². The van der Waals surface area contributed by atoms with Crippen molar-refractivity contribution < 1.29 is 13.2 Å². The maximum Gasteiger partial charge on any atom is 0.416 e. The highest BCUT2D eigenvalue weighted by atomic mass is 19.4. The first-order valence-corrected chi connectivity index (χ1v) is 10.8. The first kappa shape index (κ1) is 24.0. The smallest absolute Gasteiger partial charge is 0.377 e. The molecule has 0 bridgehead atoms. The van der Waals surface area contributed by atoms with Crippen molar-refractivity contribution in [1.29, 1.82) is 0 Å². The van der Waals surface area contributed by atoms with Crippen LogP contribution in [0.25, 0.3) is 11.3 Å². The maximum atomic E-state index is 13.1. The van der Waals surface area contributed by atoms with Crippen LogP contribution < -0.4 is 15.7 Å². The monoisotopic (exact) mass is 472 g/mol. The number of halogens is 3. The molecule has 9 heteroatoms. The second kappa shape index (κ2) is 9.59. The Kier molecular flexibility index (Phi) is 6.56. The van der Waals surface area contributed by atoms with Gasteiger partial charge in [-0.15, -0.1) is 0 Å². The molecule has 2 aromatic carbocycles. The molecule has 0 saturated heterocycles. The third-order valence-corrected chi connectivity index (χ3v) is 5.40. The van der Waals surface area contributed by atoms with Crippen LogP contribution in [0.15, 0.2) is 67.5 Å². The first-order chi connectivity index (χ1) is 16.7. The van der Waals surface area contributed by atoms with Gasteiger partial charge in [-0.05, 0) is 47.9 Å². The molecule has 0 aliphatic carbocycles. The number of nitrogens with zero attached hydrogens (tertiary/aromatic N) is 4. The van der Waals surface area contributed by atoms with Crippen LogP contribution in [0, 0.1) is 11.8 Å². The van der Waals surface area contributed by atoms with Crippen LogP contribution in [0.1, 0.15) is 22.4 Å². The van der Waals surface area contributed by atoms with Gasteiger partial charge < -0.3 is 10.2 Å². The van der Waals surface area contributed by atoms with E-state index in [0.717, 1.165) is 34.4 Å². The Labute approximate surface area is 202 Å². The second-order valence-corrected chi connectivity index (χ2v) is 7.97. The van der Waals surface area contributed by atoms with Gasteiger partial charge in [0, 0.05) is 37.2 Å². The highest BCUT2D eigenvalue weighted by Crippen LogP contribution is 2.31. The number of rotatable bonds is 5. The van der Waals surface area contributed by atoms with Gasteiger partial charge in [0.1, 0.15) is 5.69 Å². The standard InChI is InChI=1S/C26H22BF3N5/c1-17(33-19-8-5-7-18(15-19)26(28,29)30)21-12-13-23(34(3)4)22(25(21)27-2)11-10-20-16-31-24-9-6-14-32-35(20)24/h5-9,12-16,33H,1H2,2-4H3. The number of benzene rings is 2. The van der Waals surface area contributed by atoms with E-state index >= 15 is 0 Å². The van der Waals surface area contributed by atoms with Crippen LogP contribution in [0.3, 0.4) is 0 Å². The fourth-order valence-corrected chi connectivity index (χ4v) is 3.73. The minimum absolute atomic E-state index is 0.299. The lowest BCUT2D eigenvalue weighted by Crippen LogP contribution is -2.25. The Morgan fingerprint density at radius 2 is 1.91 bits per heavy atom. The summed E-state index contributed by atoms with van der Waals surface area (Å²) in [4.78, 5) is 6.28. The van der Waals surface area contributed by atoms with Crippen molar-refractivity contribution in [2.24, 2.45) is 0 Å². The van der Waals surface area contributed by atoms with Gasteiger partial charge in [0.15, 0.2) is 12.9 Å². The molecule has 175 valence electrons. The van der Waals surface area contributed by atoms with Crippen LogP contribution in [0.4, 0.5) is 24.5 Å². The normalized spacial score (nSPS) is 11.0. The van der Waals surface area contributed by atoms with E-state index in [1.165, 1.54) is 6.07 Å². The van der Waals surface area contributed by atoms with Crippen molar-refractivity contribution in [3.8, 4) is 11.8 Å². The predicted octanol–water partition coefficient (Wildman–Crippen LogP) is 4.67. The summed E-state index contributed by atoms with van der Waals surface area (Å²) in [6.45, 7) is 5.97. The Morgan fingerprint density at radius 1 is 1.11 bits per heavy atom. The molecule has 4 rings (SSSR count). The lowest BCUT2D eigenvalue weighted by molar-refractivity contribution is -0.137. The molecule has 0 atom stereocenters. The molecule has 4 aromatic rings. The molecular formula is C26H22BF3N5. The molecule has 1 N–H and O–H groups in total. The lowest BCUT2D eigenvalue weighted by Gasteiger charge is -2.21. The third kappa shape index (κ3) is 5.02. The zero-order valence-corrected chi connectivity index (χ0v) is 19.5. The van der Waals surface area contributed by atoms with E-state index in [4.69, 9.17) is 0 Å². The summed E-state index contributed by atoms with van der Waals surface area (Å²) in [5.74, 6) is 6.42. The van der Waals surface area contributed by atoms with Gasteiger partial charge in [-0.25, -0.2) is 9.50 Å². The summed E-state index contributed by atoms with van der Waals surface area (Å²) < 4.78 is 41.1. The fraction of sp³-hybridized carbons (Fsp3) is 0.154. The summed E-state index contributed by atoms with van der Waals surface area (Å²) >= 11 is 0. The minimum atomic E-state index is -4.43. The number of nitrogens with one attached hydrogen (secondary N) is 1. The molecule has 0 aliphatic rings. The molecular weight excluding hydrogens is 450 g/mol. The third-order valence-electron chi connectivity index (χ3n) is 5.40. The number of fused-ring (bicyclic) bond motifs is 1. The van der Waals surface area contributed by atoms with Crippen molar-refractivity contribution in [2.45, 2.75) is 13.0 Å². The van der Waals surface area contributed by atoms with Crippen LogP contribution in [-0.2, 0) is 6.18 Å². The maximum absolute atomic E-state index is 13.1. The first-order valence-electron chi connectivity index (χ1n) is 10.8. The number of hydrogen-bond donors (Lipinski definition) is 1. The molecule has 0 unspecified atom stereocenters. The van der Waals surface area contributed by atoms with Crippen molar-refractivity contribution in [2.75, 3.05) is 24.3 Å². The highest BCUT2D eigenvalue weighted by molar-refractivity contribution is 6.54. The summed E-state index contributed by atoms with van der Waals surface area (Å²) in [6, 6.07) is 12.5. The predicted molar refractivity (Wildman–Crippen MR) is 135 cm³/mol. The summed E-state index contributed by atoms with van der Waals surface area (Å²) in [6.07, 6.45) is -1.09. The molecule has 5 nitrogen and oxygen atoms in total. The van der Waals surface area contributed by atoms with Gasteiger partial charge in [-0.2, -0.15) is 18.3 Å². The number of imidazole rings is 1. The average molecular weight is 472 g/mol. The van der Waals surface area contributed by atoms with E-state index < -0.39 is 11.7 Å².